The van der Waals surface area contributed by atoms with Gasteiger partial charge in [0.1, 0.15) is 0 Å². The van der Waals surface area contributed by atoms with Crippen LogP contribution in [0.25, 0.3) is 0 Å². The lowest BCUT2D eigenvalue weighted by Gasteiger charge is -2.27. The molecule has 1 aromatic carbocycles. The van der Waals surface area contributed by atoms with E-state index >= 15 is 0 Å². The molecule has 0 radical (unpaired) electrons. The molecule has 2 N–H and O–H groups in total. The van der Waals surface area contributed by atoms with Gasteiger partial charge in [-0.15, -0.1) is 0 Å². The number of sulfone groups is 1. The van der Waals surface area contributed by atoms with E-state index in [4.69, 9.17) is 5.73 Å². The molecule has 0 heterocycles. The van der Waals surface area contributed by atoms with Crippen molar-refractivity contribution in [1.82, 2.24) is 0 Å². The minimum atomic E-state index is -3.09. The van der Waals surface area contributed by atoms with Gasteiger partial charge in [0.05, 0.1) is 10.5 Å². The summed E-state index contributed by atoms with van der Waals surface area (Å²) in [6.07, 6.45) is 0.972. The predicted octanol–water partition coefficient (Wildman–Crippen LogP) is 2.70. The van der Waals surface area contributed by atoms with Crippen molar-refractivity contribution in [3.05, 3.63) is 24.3 Å². The van der Waals surface area contributed by atoms with Gasteiger partial charge in [-0.3, -0.25) is 0 Å². The van der Waals surface area contributed by atoms with Gasteiger partial charge in [0.2, 0.25) is 0 Å². The highest BCUT2D eigenvalue weighted by Gasteiger charge is 2.29. The molecule has 0 aliphatic carbocycles. The van der Waals surface area contributed by atoms with E-state index in [9.17, 15) is 8.42 Å². The minimum Gasteiger partial charge on any atom is -0.399 e. The van der Waals surface area contributed by atoms with E-state index in [1.54, 1.807) is 20.8 Å². The lowest BCUT2D eigenvalue weighted by molar-refractivity contribution is 0.558. The second kappa shape index (κ2) is 6.48. The van der Waals surface area contributed by atoms with E-state index in [-0.39, 0.29) is 5.75 Å². The lowest BCUT2D eigenvalue weighted by Crippen LogP contribution is -2.37. The van der Waals surface area contributed by atoms with E-state index in [1.165, 1.54) is 0 Å². The van der Waals surface area contributed by atoms with Crippen molar-refractivity contribution in [2.75, 3.05) is 29.5 Å². The Bertz CT molecular complexity index is 516. The molecule has 0 spiro atoms. The van der Waals surface area contributed by atoms with Crippen molar-refractivity contribution in [2.24, 2.45) is 0 Å². The zero-order chi connectivity index (χ0) is 15.4. The van der Waals surface area contributed by atoms with Crippen LogP contribution in [0, 0.1) is 0 Å². The summed E-state index contributed by atoms with van der Waals surface area (Å²) < 4.78 is 23.7. The molecule has 0 fully saturated rings. The average molecular weight is 298 g/mol. The third kappa shape index (κ3) is 4.40. The Morgan fingerprint density at radius 2 is 1.65 bits per heavy atom. The lowest BCUT2D eigenvalue weighted by atomic mass is 10.2. The average Bonchev–Trinajstić information content (AvgIpc) is 2.34. The van der Waals surface area contributed by atoms with Gasteiger partial charge < -0.3 is 10.6 Å². The number of hydrogen-bond acceptors (Lipinski definition) is 4. The molecule has 0 aromatic heterocycles. The van der Waals surface area contributed by atoms with Crippen molar-refractivity contribution in [3.8, 4) is 0 Å². The molecule has 1 aromatic rings. The van der Waals surface area contributed by atoms with Gasteiger partial charge in [0.25, 0.3) is 0 Å². The summed E-state index contributed by atoms with van der Waals surface area (Å²) in [6.45, 7) is 8.67. The molecule has 20 heavy (non-hydrogen) atoms. The Kier molecular flexibility index (Phi) is 5.45. The summed E-state index contributed by atoms with van der Waals surface area (Å²) >= 11 is 0. The summed E-state index contributed by atoms with van der Waals surface area (Å²) in [5.41, 5.74) is 7.42. The molecule has 0 saturated heterocycles. The highest BCUT2D eigenvalue weighted by Crippen LogP contribution is 2.19. The highest BCUT2D eigenvalue weighted by atomic mass is 32.2. The minimum absolute atomic E-state index is 0.168. The van der Waals surface area contributed by atoms with Crippen molar-refractivity contribution in [1.29, 1.82) is 0 Å². The fraction of sp³-hybridized carbons (Fsp3) is 0.600. The van der Waals surface area contributed by atoms with Crippen LogP contribution in [0.5, 0.6) is 0 Å². The number of anilines is 2. The first-order valence-electron chi connectivity index (χ1n) is 7.00. The topological polar surface area (TPSA) is 63.4 Å². The maximum absolute atomic E-state index is 12.2. The standard InChI is InChI=1S/C15H26N2O2S/c1-5-10-17(14-8-6-13(16)7-9-14)11-12-20(18,19)15(2,3)4/h6-9H,5,10-12,16H2,1-4H3. The van der Waals surface area contributed by atoms with Crippen molar-refractivity contribution >= 4 is 21.2 Å². The van der Waals surface area contributed by atoms with Crippen LogP contribution in [-0.2, 0) is 9.84 Å². The highest BCUT2D eigenvalue weighted by molar-refractivity contribution is 7.92. The number of nitrogens with zero attached hydrogens (tertiary/aromatic N) is 1. The summed E-state index contributed by atoms with van der Waals surface area (Å²) in [5.74, 6) is 0.168. The van der Waals surface area contributed by atoms with Crippen LogP contribution in [0.4, 0.5) is 11.4 Å². The van der Waals surface area contributed by atoms with Gasteiger partial charge in [-0.1, -0.05) is 6.92 Å². The molecular weight excluding hydrogens is 272 g/mol. The molecule has 0 saturated carbocycles. The second-order valence-electron chi connectivity index (χ2n) is 6.01. The summed E-state index contributed by atoms with van der Waals surface area (Å²) in [4.78, 5) is 2.10. The largest absolute Gasteiger partial charge is 0.399 e. The van der Waals surface area contributed by atoms with Crippen LogP contribution >= 0.6 is 0 Å². The van der Waals surface area contributed by atoms with Gasteiger partial charge >= 0.3 is 0 Å². The first kappa shape index (κ1) is 16.8. The number of nitrogens with two attached hydrogens (primary N) is 1. The van der Waals surface area contributed by atoms with Gasteiger partial charge in [0.15, 0.2) is 9.84 Å². The van der Waals surface area contributed by atoms with Gasteiger partial charge in [-0.25, -0.2) is 8.42 Å². The van der Waals surface area contributed by atoms with Crippen molar-refractivity contribution < 1.29 is 8.42 Å². The predicted molar refractivity (Wildman–Crippen MR) is 86.9 cm³/mol. The number of benzene rings is 1. The number of nitrogen functional groups attached to an aromatic ring is 1. The van der Waals surface area contributed by atoms with Crippen LogP contribution in [0.1, 0.15) is 34.1 Å². The Balaban J connectivity index is 2.81. The molecule has 0 atom stereocenters. The van der Waals surface area contributed by atoms with Crippen molar-refractivity contribution in [3.63, 3.8) is 0 Å². The fourth-order valence-corrected chi connectivity index (χ4v) is 2.93. The Morgan fingerprint density at radius 1 is 1.10 bits per heavy atom. The third-order valence-corrected chi connectivity index (χ3v) is 5.90. The van der Waals surface area contributed by atoms with Crippen molar-refractivity contribution in [2.45, 2.75) is 38.9 Å². The molecule has 5 heteroatoms. The van der Waals surface area contributed by atoms with E-state index in [0.29, 0.717) is 12.2 Å². The molecule has 0 amide bonds. The molecule has 0 aliphatic rings. The third-order valence-electron chi connectivity index (χ3n) is 3.31. The molecule has 1 rings (SSSR count). The number of hydrogen-bond donors (Lipinski definition) is 1. The van der Waals surface area contributed by atoms with Crippen LogP contribution in [0.15, 0.2) is 24.3 Å². The van der Waals surface area contributed by atoms with E-state index < -0.39 is 14.6 Å². The fourth-order valence-electron chi connectivity index (χ4n) is 1.86. The SMILES string of the molecule is CCCN(CCS(=O)(=O)C(C)(C)C)c1ccc(N)cc1. The zero-order valence-electron chi connectivity index (χ0n) is 12.9. The first-order chi connectivity index (χ1) is 9.17. The van der Waals surface area contributed by atoms with Crippen LogP contribution < -0.4 is 10.6 Å². The van der Waals surface area contributed by atoms with E-state index in [2.05, 4.69) is 11.8 Å². The molecule has 114 valence electrons. The summed E-state index contributed by atoms with van der Waals surface area (Å²) in [6, 6.07) is 7.57. The molecular formula is C15H26N2O2S. The van der Waals surface area contributed by atoms with Gasteiger partial charge in [0, 0.05) is 24.5 Å². The van der Waals surface area contributed by atoms with E-state index in [1.807, 2.05) is 24.3 Å². The Labute approximate surface area is 122 Å². The maximum Gasteiger partial charge on any atom is 0.156 e. The van der Waals surface area contributed by atoms with Crippen LogP contribution in [0.2, 0.25) is 0 Å². The maximum atomic E-state index is 12.2. The smallest absolute Gasteiger partial charge is 0.156 e. The van der Waals surface area contributed by atoms with Crippen LogP contribution in [0.3, 0.4) is 0 Å². The van der Waals surface area contributed by atoms with Gasteiger partial charge in [-0.2, -0.15) is 0 Å². The Morgan fingerprint density at radius 3 is 2.10 bits per heavy atom. The quantitative estimate of drug-likeness (QED) is 0.820. The monoisotopic (exact) mass is 298 g/mol. The zero-order valence-corrected chi connectivity index (χ0v) is 13.7. The second-order valence-corrected chi connectivity index (χ2v) is 8.87. The first-order valence-corrected chi connectivity index (χ1v) is 8.65. The molecule has 4 nitrogen and oxygen atoms in total. The molecule has 0 aliphatic heterocycles. The van der Waals surface area contributed by atoms with Gasteiger partial charge in [-0.05, 0) is 51.5 Å². The van der Waals surface area contributed by atoms with E-state index in [0.717, 1.165) is 18.7 Å². The number of rotatable bonds is 6. The molecule has 0 bridgehead atoms. The van der Waals surface area contributed by atoms with Crippen LogP contribution in [-0.4, -0.2) is 32.0 Å². The molecule has 0 unspecified atom stereocenters. The normalized spacial score (nSPS) is 12.4. The summed E-state index contributed by atoms with van der Waals surface area (Å²) in [7, 11) is -3.09. The Hall–Kier alpha value is -1.23. The summed E-state index contributed by atoms with van der Waals surface area (Å²) in [5, 5.41) is 0.